The number of ether oxygens (including phenoxy) is 2. The fourth-order valence-electron chi connectivity index (χ4n) is 2.84. The number of methoxy groups -OCH3 is 2. The minimum atomic E-state index is -1.13. The Morgan fingerprint density at radius 3 is 2.29 bits per heavy atom. The summed E-state index contributed by atoms with van der Waals surface area (Å²) in [5.41, 5.74) is 0.313. The van der Waals surface area contributed by atoms with Crippen LogP contribution < -0.4 is 14.8 Å². The Kier molecular flexibility index (Phi) is 4.37. The molecule has 2 aromatic carbocycles. The van der Waals surface area contributed by atoms with Gasteiger partial charge in [-0.15, -0.1) is 23.2 Å². The quantitative estimate of drug-likeness (QED) is 0.809. The van der Waals surface area contributed by atoms with Gasteiger partial charge in [0, 0.05) is 12.5 Å². The molecule has 126 valence electrons. The van der Waals surface area contributed by atoms with E-state index in [2.05, 4.69) is 5.32 Å². The lowest BCUT2D eigenvalue weighted by molar-refractivity contribution is -0.118. The van der Waals surface area contributed by atoms with Crippen LogP contribution in [0.5, 0.6) is 11.5 Å². The molecule has 24 heavy (non-hydrogen) atoms. The van der Waals surface area contributed by atoms with Gasteiger partial charge in [-0.05, 0) is 17.7 Å². The summed E-state index contributed by atoms with van der Waals surface area (Å²) in [6.07, 6.45) is 0.352. The highest BCUT2D eigenvalue weighted by Crippen LogP contribution is 2.65. The number of nitrogens with one attached hydrogen (secondary N) is 1. The topological polar surface area (TPSA) is 47.6 Å². The second-order valence-electron chi connectivity index (χ2n) is 5.67. The van der Waals surface area contributed by atoms with E-state index in [-0.39, 0.29) is 5.91 Å². The Hall–Kier alpha value is -1.91. The number of hydrogen-bond acceptors (Lipinski definition) is 3. The molecule has 2 aromatic rings. The number of hydrogen-bond donors (Lipinski definition) is 1. The van der Waals surface area contributed by atoms with Crippen LogP contribution in [-0.4, -0.2) is 24.5 Å². The van der Waals surface area contributed by atoms with Gasteiger partial charge in [0.2, 0.25) is 5.91 Å². The molecule has 0 spiro atoms. The molecule has 1 amide bonds. The van der Waals surface area contributed by atoms with Gasteiger partial charge in [0.15, 0.2) is 0 Å². The molecular formula is C18H17Cl2NO3. The van der Waals surface area contributed by atoms with Crippen molar-refractivity contribution in [1.82, 2.24) is 0 Å². The van der Waals surface area contributed by atoms with E-state index in [0.717, 1.165) is 5.56 Å². The lowest BCUT2D eigenvalue weighted by Gasteiger charge is -2.20. The predicted molar refractivity (Wildman–Crippen MR) is 95.3 cm³/mol. The van der Waals surface area contributed by atoms with Crippen LogP contribution in [-0.2, 0) is 10.2 Å². The predicted octanol–water partition coefficient (Wildman–Crippen LogP) is 4.16. The molecule has 4 nitrogen and oxygen atoms in total. The lowest BCUT2D eigenvalue weighted by atomic mass is 9.94. The number of benzene rings is 2. The van der Waals surface area contributed by atoms with E-state index in [4.69, 9.17) is 32.7 Å². The van der Waals surface area contributed by atoms with Gasteiger partial charge >= 0.3 is 0 Å². The Labute approximate surface area is 150 Å². The van der Waals surface area contributed by atoms with Crippen LogP contribution in [0.1, 0.15) is 12.0 Å². The van der Waals surface area contributed by atoms with Crippen LogP contribution in [0.15, 0.2) is 48.5 Å². The molecule has 1 atom stereocenters. The highest BCUT2D eigenvalue weighted by atomic mass is 35.5. The third kappa shape index (κ3) is 2.70. The van der Waals surface area contributed by atoms with Crippen LogP contribution in [0.4, 0.5) is 5.69 Å². The Morgan fingerprint density at radius 1 is 1.08 bits per heavy atom. The molecule has 0 saturated heterocycles. The SMILES string of the molecule is COc1ccc(OC)c(NC(=O)C2(c3ccccc3)CC2(Cl)Cl)c1. The molecule has 0 heterocycles. The summed E-state index contributed by atoms with van der Waals surface area (Å²) < 4.78 is 9.37. The van der Waals surface area contributed by atoms with Gasteiger partial charge < -0.3 is 14.8 Å². The number of carbonyl (C=O) groups is 1. The number of rotatable bonds is 5. The molecule has 0 aromatic heterocycles. The average molecular weight is 366 g/mol. The zero-order chi connectivity index (χ0) is 17.4. The smallest absolute Gasteiger partial charge is 0.238 e. The molecule has 6 heteroatoms. The summed E-state index contributed by atoms with van der Waals surface area (Å²) in [7, 11) is 3.09. The molecule has 0 bridgehead atoms. The van der Waals surface area contributed by atoms with Crippen LogP contribution in [0, 0.1) is 0 Å². The number of halogens is 2. The monoisotopic (exact) mass is 365 g/mol. The third-order valence-corrected chi connectivity index (χ3v) is 5.21. The summed E-state index contributed by atoms with van der Waals surface area (Å²) in [5.74, 6) is 0.867. The maximum absolute atomic E-state index is 13.0. The Morgan fingerprint density at radius 2 is 1.75 bits per heavy atom. The van der Waals surface area contributed by atoms with Crippen molar-refractivity contribution in [2.24, 2.45) is 0 Å². The average Bonchev–Trinajstić information content (AvgIpc) is 3.19. The van der Waals surface area contributed by atoms with E-state index < -0.39 is 9.75 Å². The maximum atomic E-state index is 13.0. The van der Waals surface area contributed by atoms with E-state index in [1.54, 1.807) is 25.3 Å². The number of amides is 1. The van der Waals surface area contributed by atoms with E-state index in [0.29, 0.717) is 23.6 Å². The van der Waals surface area contributed by atoms with Gasteiger partial charge in [-0.1, -0.05) is 30.3 Å². The molecule has 1 saturated carbocycles. The first-order valence-corrected chi connectivity index (χ1v) is 8.17. The first-order chi connectivity index (χ1) is 11.4. The molecule has 0 aliphatic heterocycles. The molecular weight excluding hydrogens is 349 g/mol. The van der Waals surface area contributed by atoms with Crippen LogP contribution in [0.3, 0.4) is 0 Å². The van der Waals surface area contributed by atoms with E-state index >= 15 is 0 Å². The zero-order valence-corrected chi connectivity index (χ0v) is 14.8. The second kappa shape index (κ2) is 6.19. The fourth-order valence-corrected chi connectivity index (χ4v) is 3.63. The van der Waals surface area contributed by atoms with Crippen molar-refractivity contribution in [3.05, 3.63) is 54.1 Å². The molecule has 0 radical (unpaired) electrons. The van der Waals surface area contributed by atoms with Crippen molar-refractivity contribution >= 4 is 34.8 Å². The van der Waals surface area contributed by atoms with Crippen molar-refractivity contribution < 1.29 is 14.3 Å². The molecule has 1 aliphatic rings. The van der Waals surface area contributed by atoms with Gasteiger partial charge in [-0.2, -0.15) is 0 Å². The maximum Gasteiger partial charge on any atom is 0.238 e. The van der Waals surface area contributed by atoms with Crippen LogP contribution >= 0.6 is 23.2 Å². The summed E-state index contributed by atoms with van der Waals surface area (Å²) in [6, 6.07) is 14.5. The van der Waals surface area contributed by atoms with Crippen molar-refractivity contribution in [1.29, 1.82) is 0 Å². The van der Waals surface area contributed by atoms with Crippen molar-refractivity contribution in [3.63, 3.8) is 0 Å². The summed E-state index contributed by atoms with van der Waals surface area (Å²) in [4.78, 5) is 13.0. The summed E-state index contributed by atoms with van der Waals surface area (Å²) in [5, 5.41) is 2.88. The Bertz CT molecular complexity index is 764. The van der Waals surface area contributed by atoms with Gasteiger partial charge in [-0.3, -0.25) is 4.79 Å². The standard InChI is InChI=1S/C18H17Cl2NO3/c1-23-13-8-9-15(24-2)14(10-13)21-16(22)17(11-18(17,19)20)12-6-4-3-5-7-12/h3-10H,11H2,1-2H3,(H,21,22). The molecule has 1 fully saturated rings. The van der Waals surface area contributed by atoms with Crippen molar-refractivity contribution in [2.45, 2.75) is 16.2 Å². The van der Waals surface area contributed by atoms with Crippen molar-refractivity contribution in [2.75, 3.05) is 19.5 Å². The number of carbonyl (C=O) groups excluding carboxylic acids is 1. The molecule has 3 rings (SSSR count). The normalized spacial score (nSPS) is 21.0. The number of anilines is 1. The molecule has 1 aliphatic carbocycles. The van der Waals surface area contributed by atoms with E-state index in [1.165, 1.54) is 7.11 Å². The van der Waals surface area contributed by atoms with Crippen molar-refractivity contribution in [3.8, 4) is 11.5 Å². The molecule has 1 N–H and O–H groups in total. The second-order valence-corrected chi connectivity index (χ2v) is 7.16. The summed E-state index contributed by atoms with van der Waals surface area (Å²) in [6.45, 7) is 0. The highest BCUT2D eigenvalue weighted by Gasteiger charge is 2.72. The largest absolute Gasteiger partial charge is 0.497 e. The van der Waals surface area contributed by atoms with Crippen LogP contribution in [0.2, 0.25) is 0 Å². The van der Waals surface area contributed by atoms with Gasteiger partial charge in [0.1, 0.15) is 21.2 Å². The third-order valence-electron chi connectivity index (χ3n) is 4.30. The summed E-state index contributed by atoms with van der Waals surface area (Å²) >= 11 is 12.7. The van der Waals surface area contributed by atoms with Crippen LogP contribution in [0.25, 0.3) is 0 Å². The minimum absolute atomic E-state index is 0.273. The van der Waals surface area contributed by atoms with Gasteiger partial charge in [0.25, 0.3) is 0 Å². The van der Waals surface area contributed by atoms with E-state index in [9.17, 15) is 4.79 Å². The fraction of sp³-hybridized carbons (Fsp3) is 0.278. The minimum Gasteiger partial charge on any atom is -0.497 e. The van der Waals surface area contributed by atoms with Gasteiger partial charge in [-0.25, -0.2) is 0 Å². The first kappa shape index (κ1) is 16.9. The Balaban J connectivity index is 1.95. The lowest BCUT2D eigenvalue weighted by Crippen LogP contribution is -2.32. The molecule has 1 unspecified atom stereocenters. The highest BCUT2D eigenvalue weighted by molar-refractivity contribution is 6.54. The zero-order valence-electron chi connectivity index (χ0n) is 13.3. The number of alkyl halides is 2. The van der Waals surface area contributed by atoms with E-state index in [1.807, 2.05) is 30.3 Å². The first-order valence-electron chi connectivity index (χ1n) is 7.41. The van der Waals surface area contributed by atoms with Gasteiger partial charge in [0.05, 0.1) is 19.9 Å².